The van der Waals surface area contributed by atoms with Crippen LogP contribution in [0.4, 0.5) is 10.8 Å². The summed E-state index contributed by atoms with van der Waals surface area (Å²) in [5.74, 6) is 0.556. The van der Waals surface area contributed by atoms with Gasteiger partial charge in [0.25, 0.3) is 5.91 Å². The van der Waals surface area contributed by atoms with Gasteiger partial charge in [0.15, 0.2) is 5.13 Å². The van der Waals surface area contributed by atoms with E-state index in [-0.39, 0.29) is 5.91 Å². The van der Waals surface area contributed by atoms with Crippen LogP contribution in [0.1, 0.15) is 21.6 Å². The SMILES string of the molecule is COc1ccc(C)cc1Nc1nc(C(=O)NCCc2c[nH]c3ccccc23)cs1. The van der Waals surface area contributed by atoms with E-state index in [1.54, 1.807) is 12.5 Å². The molecule has 0 aliphatic carbocycles. The minimum absolute atomic E-state index is 0.176. The monoisotopic (exact) mass is 406 g/mol. The van der Waals surface area contributed by atoms with Crippen molar-refractivity contribution in [2.75, 3.05) is 19.0 Å². The Bertz CT molecular complexity index is 1150. The van der Waals surface area contributed by atoms with Crippen molar-refractivity contribution >= 4 is 39.0 Å². The van der Waals surface area contributed by atoms with Crippen LogP contribution in [-0.4, -0.2) is 29.5 Å². The Morgan fingerprint density at radius 3 is 2.97 bits per heavy atom. The van der Waals surface area contributed by atoms with E-state index in [0.29, 0.717) is 17.4 Å². The molecule has 0 spiro atoms. The zero-order chi connectivity index (χ0) is 20.2. The van der Waals surface area contributed by atoms with Gasteiger partial charge >= 0.3 is 0 Å². The lowest BCUT2D eigenvalue weighted by atomic mass is 10.1. The van der Waals surface area contributed by atoms with Crippen molar-refractivity contribution in [3.05, 3.63) is 70.9 Å². The minimum Gasteiger partial charge on any atom is -0.495 e. The molecule has 0 unspecified atom stereocenters. The second-order valence-electron chi connectivity index (χ2n) is 6.73. The van der Waals surface area contributed by atoms with Crippen molar-refractivity contribution in [1.82, 2.24) is 15.3 Å². The summed E-state index contributed by atoms with van der Waals surface area (Å²) in [6.45, 7) is 2.56. The fourth-order valence-corrected chi connectivity index (χ4v) is 3.91. The van der Waals surface area contributed by atoms with Crippen LogP contribution in [-0.2, 0) is 6.42 Å². The zero-order valence-corrected chi connectivity index (χ0v) is 17.1. The van der Waals surface area contributed by atoms with Crippen molar-refractivity contribution < 1.29 is 9.53 Å². The lowest BCUT2D eigenvalue weighted by molar-refractivity contribution is 0.0950. The highest BCUT2D eigenvalue weighted by Gasteiger charge is 2.12. The van der Waals surface area contributed by atoms with E-state index >= 15 is 0 Å². The van der Waals surface area contributed by atoms with Crippen LogP contribution in [0.2, 0.25) is 0 Å². The second-order valence-corrected chi connectivity index (χ2v) is 7.59. The van der Waals surface area contributed by atoms with Gasteiger partial charge in [0.2, 0.25) is 0 Å². The Balaban J connectivity index is 1.37. The number of nitrogens with zero attached hydrogens (tertiary/aromatic N) is 1. The van der Waals surface area contributed by atoms with Crippen molar-refractivity contribution in [2.24, 2.45) is 0 Å². The molecule has 0 saturated heterocycles. The zero-order valence-electron chi connectivity index (χ0n) is 16.3. The van der Waals surface area contributed by atoms with Gasteiger partial charge in [0.1, 0.15) is 11.4 Å². The number of carbonyl (C=O) groups is 1. The molecule has 7 heteroatoms. The van der Waals surface area contributed by atoms with Crippen molar-refractivity contribution in [1.29, 1.82) is 0 Å². The van der Waals surface area contributed by atoms with Crippen molar-refractivity contribution in [3.8, 4) is 5.75 Å². The predicted octanol–water partition coefficient (Wildman–Crippen LogP) is 4.66. The first kappa shape index (κ1) is 19.0. The van der Waals surface area contributed by atoms with Gasteiger partial charge in [-0.05, 0) is 42.7 Å². The fraction of sp³-hybridized carbons (Fsp3) is 0.182. The van der Waals surface area contributed by atoms with E-state index < -0.39 is 0 Å². The van der Waals surface area contributed by atoms with E-state index in [0.717, 1.165) is 28.9 Å². The van der Waals surface area contributed by atoms with Crippen LogP contribution in [0.25, 0.3) is 10.9 Å². The van der Waals surface area contributed by atoms with Crippen LogP contribution < -0.4 is 15.4 Å². The molecule has 4 rings (SSSR count). The van der Waals surface area contributed by atoms with Crippen molar-refractivity contribution in [3.63, 3.8) is 0 Å². The maximum Gasteiger partial charge on any atom is 0.270 e. The van der Waals surface area contributed by atoms with Gasteiger partial charge in [-0.2, -0.15) is 0 Å². The number of thiazole rings is 1. The summed E-state index contributed by atoms with van der Waals surface area (Å²) >= 11 is 1.39. The van der Waals surface area contributed by atoms with Crippen LogP contribution in [0, 0.1) is 6.92 Å². The molecule has 3 N–H and O–H groups in total. The first-order valence-corrected chi connectivity index (χ1v) is 10.2. The summed E-state index contributed by atoms with van der Waals surface area (Å²) in [5.41, 5.74) is 4.64. The summed E-state index contributed by atoms with van der Waals surface area (Å²) in [4.78, 5) is 20.1. The number of aromatic nitrogens is 2. The summed E-state index contributed by atoms with van der Waals surface area (Å²) in [5, 5.41) is 9.78. The Labute approximate surface area is 172 Å². The molecule has 2 aromatic carbocycles. The van der Waals surface area contributed by atoms with E-state index in [4.69, 9.17) is 4.74 Å². The van der Waals surface area contributed by atoms with Gasteiger partial charge in [-0.3, -0.25) is 4.79 Å². The summed E-state index contributed by atoms with van der Waals surface area (Å²) < 4.78 is 5.38. The number of fused-ring (bicyclic) bond motifs is 1. The molecule has 0 saturated carbocycles. The van der Waals surface area contributed by atoms with Crippen LogP contribution >= 0.6 is 11.3 Å². The minimum atomic E-state index is -0.176. The molecule has 0 bridgehead atoms. The van der Waals surface area contributed by atoms with Crippen LogP contribution in [0.5, 0.6) is 5.75 Å². The number of methoxy groups -OCH3 is 1. The number of hydrogen-bond acceptors (Lipinski definition) is 5. The predicted molar refractivity (Wildman–Crippen MR) is 117 cm³/mol. The molecule has 0 aliphatic heterocycles. The lowest BCUT2D eigenvalue weighted by Crippen LogP contribution is -2.25. The molecule has 0 radical (unpaired) electrons. The second kappa shape index (κ2) is 8.36. The van der Waals surface area contributed by atoms with Gasteiger partial charge in [-0.25, -0.2) is 4.98 Å². The third-order valence-corrected chi connectivity index (χ3v) is 5.45. The third-order valence-electron chi connectivity index (χ3n) is 4.69. The first-order valence-electron chi connectivity index (χ1n) is 9.34. The number of H-pyrrole nitrogens is 1. The normalized spacial score (nSPS) is 10.8. The molecule has 2 heterocycles. The maximum absolute atomic E-state index is 12.5. The molecule has 148 valence electrons. The Morgan fingerprint density at radius 2 is 2.10 bits per heavy atom. The molecule has 29 heavy (non-hydrogen) atoms. The molecule has 2 aromatic heterocycles. The van der Waals surface area contributed by atoms with Gasteiger partial charge in [0.05, 0.1) is 12.8 Å². The summed E-state index contributed by atoms with van der Waals surface area (Å²) in [7, 11) is 1.63. The number of para-hydroxylation sites is 1. The number of aryl methyl sites for hydroxylation is 1. The highest BCUT2D eigenvalue weighted by atomic mass is 32.1. The van der Waals surface area contributed by atoms with E-state index in [1.807, 2.05) is 49.5 Å². The largest absolute Gasteiger partial charge is 0.495 e. The van der Waals surface area contributed by atoms with E-state index in [1.165, 1.54) is 22.3 Å². The topological polar surface area (TPSA) is 79.0 Å². The molecular formula is C22H22N4O2S. The summed E-state index contributed by atoms with van der Waals surface area (Å²) in [6, 6.07) is 14.0. The maximum atomic E-state index is 12.5. The number of aromatic amines is 1. The Hall–Kier alpha value is -3.32. The number of carbonyl (C=O) groups excluding carboxylic acids is 1. The van der Waals surface area contributed by atoms with Crippen molar-refractivity contribution in [2.45, 2.75) is 13.3 Å². The lowest BCUT2D eigenvalue weighted by Gasteiger charge is -2.09. The molecule has 1 amide bonds. The number of anilines is 2. The number of amides is 1. The Kier molecular flexibility index (Phi) is 5.48. The molecule has 0 atom stereocenters. The van der Waals surface area contributed by atoms with Crippen LogP contribution in [0.15, 0.2) is 54.0 Å². The molecular weight excluding hydrogens is 384 g/mol. The molecule has 0 aliphatic rings. The molecule has 4 aromatic rings. The summed E-state index contributed by atoms with van der Waals surface area (Å²) in [6.07, 6.45) is 2.75. The molecule has 0 fully saturated rings. The highest BCUT2D eigenvalue weighted by molar-refractivity contribution is 7.14. The quantitative estimate of drug-likeness (QED) is 0.417. The van der Waals surface area contributed by atoms with Gasteiger partial charge in [-0.15, -0.1) is 11.3 Å². The number of benzene rings is 2. The highest BCUT2D eigenvalue weighted by Crippen LogP contribution is 2.30. The van der Waals surface area contributed by atoms with E-state index in [2.05, 4.69) is 26.7 Å². The average molecular weight is 407 g/mol. The number of hydrogen-bond donors (Lipinski definition) is 3. The number of rotatable bonds is 7. The van der Waals surface area contributed by atoms with Gasteiger partial charge in [-0.1, -0.05) is 24.3 Å². The average Bonchev–Trinajstić information content (AvgIpc) is 3.36. The van der Waals surface area contributed by atoms with E-state index in [9.17, 15) is 4.79 Å². The van der Waals surface area contributed by atoms with Gasteiger partial charge < -0.3 is 20.4 Å². The molecule has 6 nitrogen and oxygen atoms in total. The first-order chi connectivity index (χ1) is 14.1. The third kappa shape index (κ3) is 4.25. The van der Waals surface area contributed by atoms with Crippen LogP contribution in [0.3, 0.4) is 0 Å². The standard InChI is InChI=1S/C22H22N4O2S/c1-14-7-8-20(28-2)18(11-14)25-22-26-19(13-29-22)21(27)23-10-9-15-12-24-17-6-4-3-5-16(15)17/h3-8,11-13,24H,9-10H2,1-2H3,(H,23,27)(H,25,26). The number of nitrogens with one attached hydrogen (secondary N) is 3. The van der Waals surface area contributed by atoms with Gasteiger partial charge in [0, 0.05) is 29.0 Å². The fourth-order valence-electron chi connectivity index (χ4n) is 3.21. The number of ether oxygens (including phenoxy) is 1. The Morgan fingerprint density at radius 1 is 1.24 bits per heavy atom. The smallest absolute Gasteiger partial charge is 0.270 e.